The average molecular weight is 468 g/mol. The third-order valence-corrected chi connectivity index (χ3v) is 6.29. The molecule has 0 radical (unpaired) electrons. The lowest BCUT2D eigenvalue weighted by Gasteiger charge is -2.28. The Bertz CT molecular complexity index is 1340. The molecule has 0 bridgehead atoms. The van der Waals surface area contributed by atoms with Gasteiger partial charge in [-0.25, -0.2) is 15.0 Å². The van der Waals surface area contributed by atoms with Crippen molar-refractivity contribution >= 4 is 17.5 Å². The predicted octanol–water partition coefficient (Wildman–Crippen LogP) is 3.54. The van der Waals surface area contributed by atoms with Crippen molar-refractivity contribution in [2.45, 2.75) is 6.42 Å². The molecular weight excluding hydrogens is 442 g/mol. The topological polar surface area (TPSA) is 89.4 Å². The summed E-state index contributed by atoms with van der Waals surface area (Å²) in [5, 5.41) is 0. The Balaban J connectivity index is 1.47. The van der Waals surface area contributed by atoms with Gasteiger partial charge in [-0.15, -0.1) is 0 Å². The van der Waals surface area contributed by atoms with E-state index in [4.69, 9.17) is 24.4 Å². The molecule has 0 amide bonds. The predicted molar refractivity (Wildman–Crippen MR) is 133 cm³/mol. The summed E-state index contributed by atoms with van der Waals surface area (Å²) in [6.07, 6.45) is 6.26. The van der Waals surface area contributed by atoms with Crippen molar-refractivity contribution in [1.29, 1.82) is 0 Å². The van der Waals surface area contributed by atoms with Crippen LogP contribution in [0.25, 0.3) is 22.8 Å². The third-order valence-electron chi connectivity index (χ3n) is 6.29. The second-order valence-electron chi connectivity index (χ2n) is 8.38. The quantitative estimate of drug-likeness (QED) is 0.437. The number of ether oxygens (including phenoxy) is 2. The first kappa shape index (κ1) is 21.4. The lowest BCUT2D eigenvalue weighted by Crippen LogP contribution is -2.37. The van der Waals surface area contributed by atoms with E-state index in [1.54, 1.807) is 19.5 Å². The first-order valence-corrected chi connectivity index (χ1v) is 11.7. The molecule has 5 heterocycles. The minimum absolute atomic E-state index is 0.629. The van der Waals surface area contributed by atoms with Crippen LogP contribution in [0.5, 0.6) is 5.75 Å². The van der Waals surface area contributed by atoms with Gasteiger partial charge in [-0.05, 0) is 36.8 Å². The number of aromatic nitrogens is 5. The zero-order chi connectivity index (χ0) is 23.6. The number of nitrogens with zero attached hydrogens (tertiary/aromatic N) is 7. The lowest BCUT2D eigenvalue weighted by atomic mass is 10.1. The Morgan fingerprint density at radius 2 is 1.86 bits per heavy atom. The molecule has 0 atom stereocenters. The molecule has 3 aromatic heterocycles. The van der Waals surface area contributed by atoms with Gasteiger partial charge in [0, 0.05) is 43.2 Å². The number of anilines is 3. The van der Waals surface area contributed by atoms with E-state index in [0.717, 1.165) is 65.8 Å². The van der Waals surface area contributed by atoms with Crippen LogP contribution in [-0.4, -0.2) is 64.9 Å². The number of pyridine rings is 1. The molecule has 0 spiro atoms. The molecule has 176 valence electrons. The molecule has 1 fully saturated rings. The summed E-state index contributed by atoms with van der Waals surface area (Å²) in [5.41, 5.74) is 4.61. The normalized spacial score (nSPS) is 15.2. The summed E-state index contributed by atoms with van der Waals surface area (Å²) >= 11 is 0. The highest BCUT2D eigenvalue weighted by Gasteiger charge is 2.29. The first-order chi connectivity index (χ1) is 17.3. The molecule has 1 saturated heterocycles. The Morgan fingerprint density at radius 1 is 0.943 bits per heavy atom. The standard InChI is InChI=1S/C26H25N7O2/c1-34-20-6-2-4-18(16-20)24-28-10-7-22(29-24)23-21-8-11-33(19-5-3-9-27-17-19)25(21)31-26(30-23)32-12-14-35-15-13-32/h2-7,9-10,16-17H,8,11-15H2,1H3. The Hall–Kier alpha value is -4.11. The summed E-state index contributed by atoms with van der Waals surface area (Å²) in [6, 6.07) is 13.7. The maximum absolute atomic E-state index is 5.56. The largest absolute Gasteiger partial charge is 0.497 e. The van der Waals surface area contributed by atoms with Crippen molar-refractivity contribution in [3.8, 4) is 28.5 Å². The van der Waals surface area contributed by atoms with Crippen molar-refractivity contribution in [1.82, 2.24) is 24.9 Å². The van der Waals surface area contributed by atoms with Gasteiger partial charge in [0.25, 0.3) is 0 Å². The van der Waals surface area contributed by atoms with E-state index < -0.39 is 0 Å². The summed E-state index contributed by atoms with van der Waals surface area (Å²) in [6.45, 7) is 3.64. The molecule has 2 aliphatic rings. The van der Waals surface area contributed by atoms with Crippen LogP contribution >= 0.6 is 0 Å². The van der Waals surface area contributed by atoms with Crippen molar-refractivity contribution in [2.75, 3.05) is 49.8 Å². The average Bonchev–Trinajstić information content (AvgIpc) is 3.38. The zero-order valence-electron chi connectivity index (χ0n) is 19.5. The van der Waals surface area contributed by atoms with Gasteiger partial charge in [-0.1, -0.05) is 12.1 Å². The number of benzene rings is 1. The minimum atomic E-state index is 0.629. The SMILES string of the molecule is COc1cccc(-c2nccc(-c3nc(N4CCOCC4)nc4c3CCN4c3cccnc3)n2)c1. The van der Waals surface area contributed by atoms with E-state index in [1.807, 2.05) is 42.6 Å². The second kappa shape index (κ2) is 9.27. The van der Waals surface area contributed by atoms with E-state index in [9.17, 15) is 0 Å². The number of morpholine rings is 1. The highest BCUT2D eigenvalue weighted by atomic mass is 16.5. The van der Waals surface area contributed by atoms with Crippen LogP contribution in [0.3, 0.4) is 0 Å². The molecule has 9 heteroatoms. The maximum atomic E-state index is 5.56. The molecular formula is C26H25N7O2. The zero-order valence-corrected chi connectivity index (χ0v) is 19.5. The number of rotatable bonds is 5. The van der Waals surface area contributed by atoms with Crippen LogP contribution in [0.2, 0.25) is 0 Å². The third kappa shape index (κ3) is 4.15. The van der Waals surface area contributed by atoms with Crippen molar-refractivity contribution < 1.29 is 9.47 Å². The fourth-order valence-corrected chi connectivity index (χ4v) is 4.52. The van der Waals surface area contributed by atoms with Gasteiger partial charge in [0.15, 0.2) is 5.82 Å². The van der Waals surface area contributed by atoms with Crippen LogP contribution in [0.4, 0.5) is 17.5 Å². The van der Waals surface area contributed by atoms with Crippen LogP contribution in [0, 0.1) is 0 Å². The molecule has 0 saturated carbocycles. The van der Waals surface area contributed by atoms with Gasteiger partial charge >= 0.3 is 0 Å². The molecule has 35 heavy (non-hydrogen) atoms. The highest BCUT2D eigenvalue weighted by molar-refractivity contribution is 5.76. The van der Waals surface area contributed by atoms with Crippen molar-refractivity contribution in [2.24, 2.45) is 0 Å². The van der Waals surface area contributed by atoms with Gasteiger partial charge in [-0.3, -0.25) is 4.98 Å². The molecule has 2 aliphatic heterocycles. The van der Waals surface area contributed by atoms with Gasteiger partial charge in [0.2, 0.25) is 5.95 Å². The van der Waals surface area contributed by atoms with Gasteiger partial charge < -0.3 is 19.3 Å². The smallest absolute Gasteiger partial charge is 0.228 e. The maximum Gasteiger partial charge on any atom is 0.228 e. The van der Waals surface area contributed by atoms with Crippen LogP contribution in [0.1, 0.15) is 5.56 Å². The number of hydrogen-bond donors (Lipinski definition) is 0. The summed E-state index contributed by atoms with van der Waals surface area (Å²) in [5.74, 6) is 3.00. The molecule has 4 aromatic rings. The molecule has 9 nitrogen and oxygen atoms in total. The second-order valence-corrected chi connectivity index (χ2v) is 8.38. The Kier molecular flexibility index (Phi) is 5.67. The highest BCUT2D eigenvalue weighted by Crippen LogP contribution is 2.39. The fourth-order valence-electron chi connectivity index (χ4n) is 4.52. The summed E-state index contributed by atoms with van der Waals surface area (Å²) in [7, 11) is 1.65. The lowest BCUT2D eigenvalue weighted by molar-refractivity contribution is 0.122. The first-order valence-electron chi connectivity index (χ1n) is 11.7. The molecule has 0 unspecified atom stereocenters. The van der Waals surface area contributed by atoms with Crippen LogP contribution in [-0.2, 0) is 11.2 Å². The van der Waals surface area contributed by atoms with E-state index in [0.29, 0.717) is 25.0 Å². The fraction of sp³-hybridized carbons (Fsp3) is 0.269. The van der Waals surface area contributed by atoms with Gasteiger partial charge in [0.05, 0.1) is 43.6 Å². The van der Waals surface area contributed by atoms with Gasteiger partial charge in [-0.2, -0.15) is 4.98 Å². The number of hydrogen-bond acceptors (Lipinski definition) is 9. The van der Waals surface area contributed by atoms with E-state index in [1.165, 1.54) is 0 Å². The van der Waals surface area contributed by atoms with Crippen LogP contribution in [0.15, 0.2) is 61.1 Å². The van der Waals surface area contributed by atoms with E-state index in [-0.39, 0.29) is 0 Å². The van der Waals surface area contributed by atoms with Crippen LogP contribution < -0.4 is 14.5 Å². The van der Waals surface area contributed by atoms with E-state index >= 15 is 0 Å². The molecule has 0 N–H and O–H groups in total. The summed E-state index contributed by atoms with van der Waals surface area (Å²) in [4.78, 5) is 28.2. The molecule has 1 aromatic carbocycles. The number of methoxy groups -OCH3 is 1. The van der Waals surface area contributed by atoms with E-state index in [2.05, 4.69) is 25.8 Å². The Morgan fingerprint density at radius 3 is 2.69 bits per heavy atom. The van der Waals surface area contributed by atoms with Gasteiger partial charge in [0.1, 0.15) is 11.6 Å². The Labute approximate surface area is 203 Å². The summed E-state index contributed by atoms with van der Waals surface area (Å²) < 4.78 is 10.9. The molecule has 0 aliphatic carbocycles. The number of fused-ring (bicyclic) bond motifs is 1. The molecule has 6 rings (SSSR count). The van der Waals surface area contributed by atoms with Crippen molar-refractivity contribution in [3.63, 3.8) is 0 Å². The van der Waals surface area contributed by atoms with Crippen molar-refractivity contribution in [3.05, 3.63) is 66.6 Å². The minimum Gasteiger partial charge on any atom is -0.497 e. The monoisotopic (exact) mass is 467 g/mol.